The quantitative estimate of drug-likeness (QED) is 0.559. The molecule has 0 saturated heterocycles. The number of rotatable bonds is 5. The number of fused-ring (bicyclic) bond motifs is 1. The van der Waals surface area contributed by atoms with Crippen LogP contribution >= 0.6 is 0 Å². The standard InChI is InChI=1S/C20H17NO5/c1-12-16-8-3-4-9-18(16)26-19(12)17(23)11-25-20(24)14-6-5-7-15(10-14)21-13(2)22/h3-10H,11H2,1-2H3,(H,21,22). The summed E-state index contributed by atoms with van der Waals surface area (Å²) in [5.41, 5.74) is 2.05. The molecule has 26 heavy (non-hydrogen) atoms. The maximum atomic E-state index is 12.4. The van der Waals surface area contributed by atoms with Gasteiger partial charge in [0, 0.05) is 23.6 Å². The van der Waals surface area contributed by atoms with Crippen molar-refractivity contribution >= 4 is 34.3 Å². The van der Waals surface area contributed by atoms with E-state index in [-0.39, 0.29) is 17.2 Å². The fraction of sp³-hybridized carbons (Fsp3) is 0.150. The smallest absolute Gasteiger partial charge is 0.338 e. The number of furan rings is 1. The van der Waals surface area contributed by atoms with E-state index in [1.807, 2.05) is 18.2 Å². The number of Topliss-reactive ketones (excluding diaryl/α,β-unsaturated/α-hetero) is 1. The number of hydrogen-bond donors (Lipinski definition) is 1. The summed E-state index contributed by atoms with van der Waals surface area (Å²) in [4.78, 5) is 35.6. The number of benzene rings is 2. The van der Waals surface area contributed by atoms with E-state index in [0.717, 1.165) is 5.39 Å². The molecule has 0 aliphatic rings. The van der Waals surface area contributed by atoms with Gasteiger partial charge in [-0.2, -0.15) is 0 Å². The largest absolute Gasteiger partial charge is 0.454 e. The number of anilines is 1. The molecule has 132 valence electrons. The summed E-state index contributed by atoms with van der Waals surface area (Å²) >= 11 is 0. The number of esters is 1. The third-order valence-electron chi connectivity index (χ3n) is 3.85. The highest BCUT2D eigenvalue weighted by Gasteiger charge is 2.19. The van der Waals surface area contributed by atoms with Crippen molar-refractivity contribution in [1.82, 2.24) is 0 Å². The van der Waals surface area contributed by atoms with Gasteiger partial charge in [-0.1, -0.05) is 24.3 Å². The second-order valence-corrected chi connectivity index (χ2v) is 5.81. The summed E-state index contributed by atoms with van der Waals surface area (Å²) in [5, 5.41) is 3.44. The second-order valence-electron chi connectivity index (χ2n) is 5.81. The third-order valence-corrected chi connectivity index (χ3v) is 3.85. The normalized spacial score (nSPS) is 10.5. The average Bonchev–Trinajstić information content (AvgIpc) is 2.96. The molecule has 2 aromatic carbocycles. The summed E-state index contributed by atoms with van der Waals surface area (Å²) < 4.78 is 10.7. The van der Waals surface area contributed by atoms with Crippen LogP contribution in [0.3, 0.4) is 0 Å². The molecule has 1 amide bonds. The number of ketones is 1. The summed E-state index contributed by atoms with van der Waals surface area (Å²) in [6.07, 6.45) is 0. The lowest BCUT2D eigenvalue weighted by atomic mass is 10.1. The van der Waals surface area contributed by atoms with Crippen molar-refractivity contribution in [2.45, 2.75) is 13.8 Å². The van der Waals surface area contributed by atoms with Gasteiger partial charge in [-0.15, -0.1) is 0 Å². The Balaban J connectivity index is 1.70. The van der Waals surface area contributed by atoms with Crippen LogP contribution in [0.15, 0.2) is 52.9 Å². The number of aryl methyl sites for hydroxylation is 1. The van der Waals surface area contributed by atoms with Crippen molar-refractivity contribution < 1.29 is 23.5 Å². The molecule has 3 aromatic rings. The van der Waals surface area contributed by atoms with Gasteiger partial charge in [0.2, 0.25) is 11.7 Å². The second kappa shape index (κ2) is 7.23. The Bertz CT molecular complexity index is 1000. The molecule has 6 heteroatoms. The Morgan fingerprint density at radius 1 is 1.08 bits per heavy atom. The van der Waals surface area contributed by atoms with Crippen LogP contribution in [0.4, 0.5) is 5.69 Å². The van der Waals surface area contributed by atoms with Gasteiger partial charge in [0.05, 0.1) is 5.56 Å². The van der Waals surface area contributed by atoms with Crippen LogP contribution < -0.4 is 5.32 Å². The fourth-order valence-corrected chi connectivity index (χ4v) is 2.65. The van der Waals surface area contributed by atoms with E-state index < -0.39 is 18.4 Å². The highest BCUT2D eigenvalue weighted by atomic mass is 16.5. The molecule has 0 atom stereocenters. The van der Waals surface area contributed by atoms with Gasteiger partial charge in [-0.05, 0) is 31.2 Å². The minimum absolute atomic E-state index is 0.186. The lowest BCUT2D eigenvalue weighted by Crippen LogP contribution is -2.15. The monoisotopic (exact) mass is 351 g/mol. The van der Waals surface area contributed by atoms with Crippen molar-refractivity contribution in [3.05, 3.63) is 65.4 Å². The Hall–Kier alpha value is -3.41. The van der Waals surface area contributed by atoms with Crippen molar-refractivity contribution in [1.29, 1.82) is 0 Å². The van der Waals surface area contributed by atoms with E-state index in [2.05, 4.69) is 5.32 Å². The van der Waals surface area contributed by atoms with Crippen LogP contribution in [0.5, 0.6) is 0 Å². The first kappa shape index (κ1) is 17.4. The molecule has 0 fully saturated rings. The van der Waals surface area contributed by atoms with Crippen LogP contribution in [0.1, 0.15) is 33.4 Å². The third kappa shape index (κ3) is 3.64. The summed E-state index contributed by atoms with van der Waals surface area (Å²) in [6.45, 7) is 2.74. The van der Waals surface area contributed by atoms with Gasteiger partial charge in [0.15, 0.2) is 12.4 Å². The Morgan fingerprint density at radius 3 is 2.58 bits per heavy atom. The van der Waals surface area contributed by atoms with Gasteiger partial charge >= 0.3 is 5.97 Å². The summed E-state index contributed by atoms with van der Waals surface area (Å²) in [6, 6.07) is 13.6. The first-order valence-corrected chi connectivity index (χ1v) is 8.02. The van der Waals surface area contributed by atoms with E-state index in [1.54, 1.807) is 31.2 Å². The minimum atomic E-state index is -0.653. The van der Waals surface area contributed by atoms with Crippen molar-refractivity contribution in [2.75, 3.05) is 11.9 Å². The average molecular weight is 351 g/mol. The highest BCUT2D eigenvalue weighted by molar-refractivity contribution is 6.02. The predicted molar refractivity (Wildman–Crippen MR) is 96.3 cm³/mol. The van der Waals surface area contributed by atoms with Crippen LogP contribution in [0.25, 0.3) is 11.0 Å². The van der Waals surface area contributed by atoms with E-state index in [1.165, 1.54) is 13.0 Å². The minimum Gasteiger partial charge on any atom is -0.454 e. The molecule has 1 heterocycles. The Kier molecular flexibility index (Phi) is 4.84. The number of carbonyl (C=O) groups is 3. The zero-order valence-electron chi connectivity index (χ0n) is 14.4. The summed E-state index contributed by atoms with van der Waals surface area (Å²) in [7, 11) is 0. The first-order chi connectivity index (χ1) is 12.5. The molecule has 0 bridgehead atoms. The zero-order chi connectivity index (χ0) is 18.7. The molecular formula is C20H17NO5. The summed E-state index contributed by atoms with van der Waals surface area (Å²) in [5.74, 6) is -1.12. The van der Waals surface area contributed by atoms with Crippen LogP contribution in [0, 0.1) is 6.92 Å². The van der Waals surface area contributed by atoms with Gasteiger partial charge in [-0.25, -0.2) is 4.79 Å². The van der Waals surface area contributed by atoms with E-state index >= 15 is 0 Å². The highest BCUT2D eigenvalue weighted by Crippen LogP contribution is 2.25. The number of amides is 1. The number of para-hydroxylation sites is 1. The van der Waals surface area contributed by atoms with E-state index in [9.17, 15) is 14.4 Å². The zero-order valence-corrected chi connectivity index (χ0v) is 14.4. The molecule has 1 aromatic heterocycles. The topological polar surface area (TPSA) is 85.6 Å². The molecule has 0 saturated carbocycles. The lowest BCUT2D eigenvalue weighted by molar-refractivity contribution is -0.114. The van der Waals surface area contributed by atoms with E-state index in [4.69, 9.17) is 9.15 Å². The van der Waals surface area contributed by atoms with Gasteiger partial charge in [0.1, 0.15) is 5.58 Å². The van der Waals surface area contributed by atoms with Crippen molar-refractivity contribution in [2.24, 2.45) is 0 Å². The van der Waals surface area contributed by atoms with Crippen molar-refractivity contribution in [3.8, 4) is 0 Å². The van der Waals surface area contributed by atoms with Crippen molar-refractivity contribution in [3.63, 3.8) is 0 Å². The van der Waals surface area contributed by atoms with Crippen LogP contribution in [-0.2, 0) is 9.53 Å². The van der Waals surface area contributed by atoms with Gasteiger partial charge in [-0.3, -0.25) is 9.59 Å². The van der Waals surface area contributed by atoms with Crippen LogP contribution in [0.2, 0.25) is 0 Å². The SMILES string of the molecule is CC(=O)Nc1cccc(C(=O)OCC(=O)c2oc3ccccc3c2C)c1. The molecule has 0 radical (unpaired) electrons. The molecule has 3 rings (SSSR count). The molecule has 0 aliphatic heterocycles. The van der Waals surface area contributed by atoms with E-state index in [0.29, 0.717) is 16.8 Å². The Morgan fingerprint density at radius 2 is 1.85 bits per heavy atom. The lowest BCUT2D eigenvalue weighted by Gasteiger charge is -2.06. The first-order valence-electron chi connectivity index (χ1n) is 8.02. The maximum Gasteiger partial charge on any atom is 0.338 e. The molecule has 0 spiro atoms. The number of ether oxygens (including phenoxy) is 1. The predicted octanol–water partition coefficient (Wildman–Crippen LogP) is 3.74. The molecule has 6 nitrogen and oxygen atoms in total. The molecular weight excluding hydrogens is 334 g/mol. The molecule has 0 aliphatic carbocycles. The maximum absolute atomic E-state index is 12.4. The number of nitrogens with one attached hydrogen (secondary N) is 1. The fourth-order valence-electron chi connectivity index (χ4n) is 2.65. The van der Waals surface area contributed by atoms with Gasteiger partial charge < -0.3 is 14.5 Å². The molecule has 1 N–H and O–H groups in total. The number of carbonyl (C=O) groups excluding carboxylic acids is 3. The molecule has 0 unspecified atom stereocenters. The number of hydrogen-bond acceptors (Lipinski definition) is 5. The Labute approximate surface area is 149 Å². The van der Waals surface area contributed by atoms with Gasteiger partial charge in [0.25, 0.3) is 0 Å². The van der Waals surface area contributed by atoms with Crippen LogP contribution in [-0.4, -0.2) is 24.3 Å².